The van der Waals surface area contributed by atoms with E-state index in [0.717, 1.165) is 32.2 Å². The number of sulfone groups is 1. The van der Waals surface area contributed by atoms with Gasteiger partial charge in [-0.2, -0.15) is 0 Å². The quantitative estimate of drug-likeness (QED) is 0.580. The molecule has 0 aromatic heterocycles. The maximum absolute atomic E-state index is 11.8. The van der Waals surface area contributed by atoms with Crippen molar-refractivity contribution < 1.29 is 32.9 Å². The lowest BCUT2D eigenvalue weighted by Gasteiger charge is -2.34. The second kappa shape index (κ2) is 8.86. The number of carbonyl (C=O) groups is 1. The van der Waals surface area contributed by atoms with Gasteiger partial charge in [-0.05, 0) is 50.6 Å². The van der Waals surface area contributed by atoms with Crippen LogP contribution in [0.4, 0.5) is 4.79 Å². The minimum Gasteiger partial charge on any atom is -0.491 e. The van der Waals surface area contributed by atoms with Crippen LogP contribution in [0.3, 0.4) is 0 Å². The summed E-state index contributed by atoms with van der Waals surface area (Å²) in [5, 5.41) is 23.2. The normalized spacial score (nSPS) is 22.3. The van der Waals surface area contributed by atoms with Crippen LogP contribution in [-0.2, 0) is 14.6 Å². The van der Waals surface area contributed by atoms with Crippen molar-refractivity contribution in [3.8, 4) is 5.75 Å². The Hall–Kier alpha value is -1.88. The molecule has 0 bridgehead atoms. The third kappa shape index (κ3) is 5.59. The SMILES string of the molecule is CS(=O)(=O)c1cccc(OCC(O)CN(C(=O)O)C2COC3(CCNCC3)C2)c1. The number of rotatable bonds is 7. The van der Waals surface area contributed by atoms with E-state index in [1.807, 2.05) is 0 Å². The highest BCUT2D eigenvalue weighted by Gasteiger charge is 2.44. The van der Waals surface area contributed by atoms with Crippen LogP contribution in [0.2, 0.25) is 0 Å². The Balaban J connectivity index is 1.56. The number of aliphatic hydroxyl groups is 1. The minimum atomic E-state index is -3.37. The molecule has 162 valence electrons. The monoisotopic (exact) mass is 428 g/mol. The average Bonchev–Trinajstić information content (AvgIpc) is 3.07. The van der Waals surface area contributed by atoms with E-state index in [0.29, 0.717) is 18.8 Å². The molecule has 1 aromatic rings. The second-order valence-corrected chi connectivity index (χ2v) is 9.76. The van der Waals surface area contributed by atoms with Gasteiger partial charge in [0.25, 0.3) is 0 Å². The average molecular weight is 429 g/mol. The largest absolute Gasteiger partial charge is 0.491 e. The van der Waals surface area contributed by atoms with Gasteiger partial charge in [-0.1, -0.05) is 6.07 Å². The molecule has 0 aliphatic carbocycles. The molecule has 3 N–H and O–H groups in total. The van der Waals surface area contributed by atoms with Crippen molar-refractivity contribution in [3.63, 3.8) is 0 Å². The number of piperidine rings is 1. The van der Waals surface area contributed by atoms with Gasteiger partial charge in [-0.3, -0.25) is 0 Å². The predicted octanol–water partition coefficient (Wildman–Crippen LogP) is 0.721. The molecular weight excluding hydrogens is 400 g/mol. The maximum Gasteiger partial charge on any atom is 0.407 e. The molecule has 2 aliphatic rings. The van der Waals surface area contributed by atoms with E-state index >= 15 is 0 Å². The number of ether oxygens (including phenoxy) is 2. The summed E-state index contributed by atoms with van der Waals surface area (Å²) < 4.78 is 34.7. The van der Waals surface area contributed by atoms with Crippen LogP contribution in [-0.4, -0.2) is 86.5 Å². The minimum absolute atomic E-state index is 0.108. The zero-order valence-electron chi connectivity index (χ0n) is 16.4. The molecule has 9 nitrogen and oxygen atoms in total. The van der Waals surface area contributed by atoms with Gasteiger partial charge in [0.2, 0.25) is 0 Å². The first kappa shape index (κ1) is 21.8. The lowest BCUT2D eigenvalue weighted by Crippen LogP contribution is -2.47. The predicted molar refractivity (Wildman–Crippen MR) is 105 cm³/mol. The van der Waals surface area contributed by atoms with Crippen molar-refractivity contribution in [2.75, 3.05) is 39.1 Å². The first-order valence-electron chi connectivity index (χ1n) is 9.64. The molecule has 2 heterocycles. The number of hydrogen-bond acceptors (Lipinski definition) is 7. The van der Waals surface area contributed by atoms with E-state index in [-0.39, 0.29) is 29.7 Å². The molecule has 2 atom stereocenters. The molecule has 2 aliphatic heterocycles. The Morgan fingerprint density at radius 3 is 2.79 bits per heavy atom. The molecule has 29 heavy (non-hydrogen) atoms. The van der Waals surface area contributed by atoms with Gasteiger partial charge in [0, 0.05) is 6.26 Å². The van der Waals surface area contributed by atoms with Gasteiger partial charge < -0.3 is 29.9 Å². The summed E-state index contributed by atoms with van der Waals surface area (Å²) in [7, 11) is -3.37. The summed E-state index contributed by atoms with van der Waals surface area (Å²) in [4.78, 5) is 13.1. The Bertz CT molecular complexity index is 824. The van der Waals surface area contributed by atoms with Crippen molar-refractivity contribution >= 4 is 15.9 Å². The third-order valence-corrected chi connectivity index (χ3v) is 6.58. The number of benzene rings is 1. The summed E-state index contributed by atoms with van der Waals surface area (Å²) in [5.41, 5.74) is -0.281. The topological polar surface area (TPSA) is 125 Å². The number of aliphatic hydroxyl groups excluding tert-OH is 1. The van der Waals surface area contributed by atoms with Crippen molar-refractivity contribution in [1.29, 1.82) is 0 Å². The van der Waals surface area contributed by atoms with Gasteiger partial charge in [0.05, 0.1) is 29.7 Å². The van der Waals surface area contributed by atoms with Crippen molar-refractivity contribution in [2.45, 2.75) is 41.9 Å². The van der Waals surface area contributed by atoms with Crippen LogP contribution in [0, 0.1) is 0 Å². The van der Waals surface area contributed by atoms with Crippen LogP contribution in [0.1, 0.15) is 19.3 Å². The highest BCUT2D eigenvalue weighted by Crippen LogP contribution is 2.36. The van der Waals surface area contributed by atoms with Gasteiger partial charge in [0.1, 0.15) is 18.5 Å². The summed E-state index contributed by atoms with van der Waals surface area (Å²) in [5.74, 6) is 0.298. The first-order valence-corrected chi connectivity index (χ1v) is 11.5. The van der Waals surface area contributed by atoms with Crippen LogP contribution in [0.25, 0.3) is 0 Å². The molecule has 3 rings (SSSR count). The first-order chi connectivity index (χ1) is 13.7. The van der Waals surface area contributed by atoms with E-state index in [1.54, 1.807) is 12.1 Å². The highest BCUT2D eigenvalue weighted by atomic mass is 32.2. The molecular formula is C19H28N2O7S. The van der Waals surface area contributed by atoms with Crippen molar-refractivity contribution in [1.82, 2.24) is 10.2 Å². The Morgan fingerprint density at radius 2 is 2.14 bits per heavy atom. The fourth-order valence-corrected chi connectivity index (χ4v) is 4.56. The fourth-order valence-electron chi connectivity index (χ4n) is 3.90. The molecule has 10 heteroatoms. The third-order valence-electron chi connectivity index (χ3n) is 5.47. The van der Waals surface area contributed by atoms with Gasteiger partial charge >= 0.3 is 6.09 Å². The van der Waals surface area contributed by atoms with Crippen LogP contribution in [0.15, 0.2) is 29.2 Å². The van der Waals surface area contributed by atoms with E-state index in [9.17, 15) is 23.4 Å². The fraction of sp³-hybridized carbons (Fsp3) is 0.632. The molecule has 1 spiro atoms. The number of nitrogens with zero attached hydrogens (tertiary/aromatic N) is 1. The van der Waals surface area contributed by atoms with Gasteiger partial charge in [0.15, 0.2) is 9.84 Å². The Labute approximate surface area is 170 Å². The number of nitrogens with one attached hydrogen (secondary N) is 1. The van der Waals surface area contributed by atoms with Crippen LogP contribution < -0.4 is 10.1 Å². The lowest BCUT2D eigenvalue weighted by molar-refractivity contribution is -0.0205. The summed E-state index contributed by atoms with van der Waals surface area (Å²) >= 11 is 0. The Morgan fingerprint density at radius 1 is 1.41 bits per heavy atom. The zero-order valence-corrected chi connectivity index (χ0v) is 17.2. The van der Waals surface area contributed by atoms with E-state index in [4.69, 9.17) is 9.47 Å². The van der Waals surface area contributed by atoms with Crippen LogP contribution in [0.5, 0.6) is 5.75 Å². The summed E-state index contributed by atoms with van der Waals surface area (Å²) in [6.45, 7) is 1.75. The summed E-state index contributed by atoms with van der Waals surface area (Å²) in [6.07, 6.45) is 1.24. The van der Waals surface area contributed by atoms with Crippen molar-refractivity contribution in [2.24, 2.45) is 0 Å². The highest BCUT2D eigenvalue weighted by molar-refractivity contribution is 7.90. The molecule has 0 saturated carbocycles. The van der Waals surface area contributed by atoms with Gasteiger partial charge in [-0.25, -0.2) is 13.2 Å². The molecule has 2 saturated heterocycles. The molecule has 1 aromatic carbocycles. The molecule has 0 radical (unpaired) electrons. The number of carboxylic acid groups (broad SMARTS) is 1. The molecule has 1 amide bonds. The Kier molecular flexibility index (Phi) is 6.67. The molecule has 2 unspecified atom stereocenters. The van der Waals surface area contributed by atoms with Gasteiger partial charge in [-0.15, -0.1) is 0 Å². The van der Waals surface area contributed by atoms with Crippen LogP contribution >= 0.6 is 0 Å². The van der Waals surface area contributed by atoms with E-state index < -0.39 is 22.0 Å². The zero-order chi connectivity index (χ0) is 21.1. The summed E-state index contributed by atoms with van der Waals surface area (Å²) in [6, 6.07) is 5.66. The van der Waals surface area contributed by atoms with Crippen molar-refractivity contribution in [3.05, 3.63) is 24.3 Å². The van der Waals surface area contributed by atoms with E-state index in [1.165, 1.54) is 17.0 Å². The smallest absolute Gasteiger partial charge is 0.407 e. The lowest BCUT2D eigenvalue weighted by atomic mass is 9.88. The molecule has 2 fully saturated rings. The number of hydrogen-bond donors (Lipinski definition) is 3. The maximum atomic E-state index is 11.8. The second-order valence-electron chi connectivity index (χ2n) is 7.75. The number of amides is 1. The standard InChI is InChI=1S/C19H28N2O7S/c1-29(25,26)17-4-2-3-16(9-17)27-13-15(22)11-21(18(23)24)14-10-19(28-12-14)5-7-20-8-6-19/h2-4,9,14-15,20,22H,5-8,10-13H2,1H3,(H,23,24). The van der Waals surface area contributed by atoms with E-state index in [2.05, 4.69) is 5.32 Å².